The molecule has 0 aliphatic carbocycles. The number of aromatic amines is 1. The van der Waals surface area contributed by atoms with Crippen LogP contribution in [-0.2, 0) is 17.9 Å². The van der Waals surface area contributed by atoms with Crippen LogP contribution in [0, 0.1) is 6.92 Å². The van der Waals surface area contributed by atoms with E-state index >= 15 is 0 Å². The van der Waals surface area contributed by atoms with Crippen LogP contribution in [0.5, 0.6) is 0 Å². The van der Waals surface area contributed by atoms with Crippen LogP contribution in [-0.4, -0.2) is 31.5 Å². The standard InChI is InChI=1S/C20H21N5O2/c1-4-24-10-9-15(22-24)16-11-18(26)25-20(21-16)19(17(23-25)12-27-3)14-7-5-13(2)6-8-14/h5-11,23H,4,12H2,1-3H3. The molecule has 0 unspecified atom stereocenters. The molecule has 0 atom stereocenters. The quantitative estimate of drug-likeness (QED) is 0.591. The fourth-order valence-electron chi connectivity index (χ4n) is 3.16. The molecule has 1 N–H and O–H groups in total. The molecule has 0 fully saturated rings. The first-order chi connectivity index (χ1) is 13.1. The molecular weight excluding hydrogens is 342 g/mol. The summed E-state index contributed by atoms with van der Waals surface area (Å²) in [4.78, 5) is 17.5. The van der Waals surface area contributed by atoms with Gasteiger partial charge in [-0.25, -0.2) is 9.50 Å². The van der Waals surface area contributed by atoms with Gasteiger partial charge in [-0.15, -0.1) is 0 Å². The van der Waals surface area contributed by atoms with E-state index in [2.05, 4.69) is 10.2 Å². The van der Waals surface area contributed by atoms with E-state index in [4.69, 9.17) is 9.72 Å². The summed E-state index contributed by atoms with van der Waals surface area (Å²) in [5, 5.41) is 7.61. The first-order valence-electron chi connectivity index (χ1n) is 8.85. The van der Waals surface area contributed by atoms with Crippen molar-refractivity contribution in [2.75, 3.05) is 7.11 Å². The Hall–Kier alpha value is -3.19. The molecule has 3 heterocycles. The smallest absolute Gasteiger partial charge is 0.273 e. The van der Waals surface area contributed by atoms with Crippen LogP contribution in [0.15, 0.2) is 47.4 Å². The number of aromatic nitrogens is 5. The minimum absolute atomic E-state index is 0.184. The predicted octanol–water partition coefficient (Wildman–Crippen LogP) is 3.03. The third kappa shape index (κ3) is 3.06. The minimum Gasteiger partial charge on any atom is -0.378 e. The van der Waals surface area contributed by atoms with Crippen molar-refractivity contribution in [2.24, 2.45) is 0 Å². The third-order valence-corrected chi connectivity index (χ3v) is 4.55. The normalized spacial score (nSPS) is 11.4. The average Bonchev–Trinajstić information content (AvgIpc) is 3.28. The van der Waals surface area contributed by atoms with Gasteiger partial charge in [-0.3, -0.25) is 14.6 Å². The van der Waals surface area contributed by atoms with Crippen LogP contribution in [0.4, 0.5) is 0 Å². The minimum atomic E-state index is -0.184. The van der Waals surface area contributed by atoms with E-state index in [-0.39, 0.29) is 5.56 Å². The SMILES string of the molecule is CCn1ccc(-c2cc(=O)n3[nH]c(COC)c(-c4ccc(C)cc4)c3n2)n1. The Morgan fingerprint density at radius 3 is 2.59 bits per heavy atom. The van der Waals surface area contributed by atoms with Gasteiger partial charge in [0.2, 0.25) is 0 Å². The first kappa shape index (κ1) is 17.2. The lowest BCUT2D eigenvalue weighted by molar-refractivity contribution is 0.181. The number of nitrogens with one attached hydrogen (secondary N) is 1. The highest BCUT2D eigenvalue weighted by molar-refractivity contribution is 5.81. The van der Waals surface area contributed by atoms with Crippen molar-refractivity contribution in [1.29, 1.82) is 0 Å². The zero-order chi connectivity index (χ0) is 19.0. The van der Waals surface area contributed by atoms with Gasteiger partial charge in [-0.05, 0) is 25.5 Å². The molecule has 7 heteroatoms. The second-order valence-electron chi connectivity index (χ2n) is 6.46. The summed E-state index contributed by atoms with van der Waals surface area (Å²) in [5.74, 6) is 0. The van der Waals surface area contributed by atoms with Crippen LogP contribution in [0.1, 0.15) is 18.2 Å². The van der Waals surface area contributed by atoms with E-state index in [0.29, 0.717) is 23.6 Å². The third-order valence-electron chi connectivity index (χ3n) is 4.55. The van der Waals surface area contributed by atoms with Gasteiger partial charge in [-0.1, -0.05) is 29.8 Å². The highest BCUT2D eigenvalue weighted by Crippen LogP contribution is 2.28. The monoisotopic (exact) mass is 363 g/mol. The fraction of sp³-hybridized carbons (Fsp3) is 0.250. The van der Waals surface area contributed by atoms with Crippen LogP contribution in [0.3, 0.4) is 0 Å². The molecule has 7 nitrogen and oxygen atoms in total. The van der Waals surface area contributed by atoms with E-state index in [0.717, 1.165) is 23.4 Å². The highest BCUT2D eigenvalue weighted by atomic mass is 16.5. The second-order valence-corrected chi connectivity index (χ2v) is 6.46. The molecule has 0 aliphatic heterocycles. The molecule has 0 saturated carbocycles. The van der Waals surface area contributed by atoms with Gasteiger partial charge in [0, 0.05) is 31.5 Å². The van der Waals surface area contributed by atoms with Crippen molar-refractivity contribution in [2.45, 2.75) is 27.0 Å². The van der Waals surface area contributed by atoms with E-state index in [1.807, 2.05) is 55.1 Å². The summed E-state index contributed by atoms with van der Waals surface area (Å²) in [5.41, 5.74) is 5.45. The van der Waals surface area contributed by atoms with E-state index in [1.54, 1.807) is 7.11 Å². The number of ether oxygens (including phenoxy) is 1. The number of H-pyrrole nitrogens is 1. The van der Waals surface area contributed by atoms with Crippen LogP contribution < -0.4 is 5.56 Å². The second kappa shape index (κ2) is 6.85. The summed E-state index contributed by atoms with van der Waals surface area (Å²) in [6.45, 7) is 5.17. The Morgan fingerprint density at radius 1 is 1.15 bits per heavy atom. The maximum Gasteiger partial charge on any atom is 0.273 e. The van der Waals surface area contributed by atoms with Crippen molar-refractivity contribution in [3.05, 3.63) is 64.2 Å². The maximum absolute atomic E-state index is 12.7. The van der Waals surface area contributed by atoms with E-state index < -0.39 is 0 Å². The maximum atomic E-state index is 12.7. The zero-order valence-electron chi connectivity index (χ0n) is 15.6. The molecule has 27 heavy (non-hydrogen) atoms. The van der Waals surface area contributed by atoms with Crippen LogP contribution >= 0.6 is 0 Å². The van der Waals surface area contributed by atoms with Crippen molar-refractivity contribution in [3.8, 4) is 22.5 Å². The van der Waals surface area contributed by atoms with Crippen molar-refractivity contribution in [1.82, 2.24) is 24.4 Å². The molecule has 0 spiro atoms. The van der Waals surface area contributed by atoms with E-state index in [1.165, 1.54) is 16.1 Å². The number of fused-ring (bicyclic) bond motifs is 1. The van der Waals surface area contributed by atoms with Crippen molar-refractivity contribution >= 4 is 5.65 Å². The van der Waals surface area contributed by atoms with Gasteiger partial charge < -0.3 is 4.74 Å². The number of nitrogens with zero attached hydrogens (tertiary/aromatic N) is 4. The van der Waals surface area contributed by atoms with Crippen molar-refractivity contribution in [3.63, 3.8) is 0 Å². The molecule has 0 aliphatic rings. The largest absolute Gasteiger partial charge is 0.378 e. The number of hydrogen-bond acceptors (Lipinski definition) is 4. The topological polar surface area (TPSA) is 77.2 Å². The van der Waals surface area contributed by atoms with Crippen LogP contribution in [0.25, 0.3) is 28.2 Å². The summed E-state index contributed by atoms with van der Waals surface area (Å²) < 4.78 is 8.60. The Balaban J connectivity index is 1.97. The van der Waals surface area contributed by atoms with Gasteiger partial charge in [0.1, 0.15) is 5.69 Å². The predicted molar refractivity (Wildman–Crippen MR) is 104 cm³/mol. The molecule has 4 aromatic rings. The molecule has 0 radical (unpaired) electrons. The molecule has 3 aromatic heterocycles. The number of benzene rings is 1. The van der Waals surface area contributed by atoms with Gasteiger partial charge in [0.25, 0.3) is 5.56 Å². The Morgan fingerprint density at radius 2 is 1.93 bits per heavy atom. The molecule has 138 valence electrons. The number of hydrogen-bond donors (Lipinski definition) is 1. The number of rotatable bonds is 5. The van der Waals surface area contributed by atoms with Gasteiger partial charge in [-0.2, -0.15) is 5.10 Å². The first-order valence-corrected chi connectivity index (χ1v) is 8.85. The zero-order valence-corrected chi connectivity index (χ0v) is 15.6. The van der Waals surface area contributed by atoms with Crippen LogP contribution in [0.2, 0.25) is 0 Å². The number of methoxy groups -OCH3 is 1. The summed E-state index contributed by atoms with van der Waals surface area (Å²) in [6.07, 6.45) is 1.88. The Labute approximate surface area is 156 Å². The van der Waals surface area contributed by atoms with Gasteiger partial charge >= 0.3 is 0 Å². The van der Waals surface area contributed by atoms with Crippen molar-refractivity contribution < 1.29 is 4.74 Å². The molecule has 1 aromatic carbocycles. The van der Waals surface area contributed by atoms with Gasteiger partial charge in [0.05, 0.1) is 18.0 Å². The lowest BCUT2D eigenvalue weighted by Crippen LogP contribution is -2.14. The lowest BCUT2D eigenvalue weighted by atomic mass is 10.0. The Bertz CT molecular complexity index is 1150. The number of aryl methyl sites for hydroxylation is 2. The fourth-order valence-corrected chi connectivity index (χ4v) is 3.16. The summed E-state index contributed by atoms with van der Waals surface area (Å²) >= 11 is 0. The highest BCUT2D eigenvalue weighted by Gasteiger charge is 2.18. The van der Waals surface area contributed by atoms with E-state index in [9.17, 15) is 4.79 Å². The summed E-state index contributed by atoms with van der Waals surface area (Å²) in [7, 11) is 1.63. The molecular formula is C20H21N5O2. The molecule has 0 saturated heterocycles. The van der Waals surface area contributed by atoms with Gasteiger partial charge in [0.15, 0.2) is 5.65 Å². The molecule has 0 bridgehead atoms. The summed E-state index contributed by atoms with van der Waals surface area (Å²) in [6, 6.07) is 11.5. The Kier molecular flexibility index (Phi) is 4.37. The average molecular weight is 363 g/mol. The lowest BCUT2D eigenvalue weighted by Gasteiger charge is -2.04. The molecule has 4 rings (SSSR count). The molecule has 0 amide bonds.